The first kappa shape index (κ1) is 12.3. The number of aryl methyl sites for hydroxylation is 1. The summed E-state index contributed by atoms with van der Waals surface area (Å²) in [5.74, 6) is 0. The standard InChI is InChI=1S/C21H14N3/c1-23-17-10-2-3-11-18(17)24-19(23)12-16-14-8-4-6-13-7-5-9-15(20(13)14)21(16)22-24/h2-12H,1H3/q+1. The van der Waals surface area contributed by atoms with Gasteiger partial charge >= 0.3 is 5.65 Å². The van der Waals surface area contributed by atoms with E-state index >= 15 is 0 Å². The summed E-state index contributed by atoms with van der Waals surface area (Å²) in [6.45, 7) is 0. The molecule has 6 aromatic rings. The van der Waals surface area contributed by atoms with Crippen LogP contribution in [-0.2, 0) is 7.05 Å². The van der Waals surface area contributed by atoms with Gasteiger partial charge in [0.1, 0.15) is 5.52 Å². The monoisotopic (exact) mass is 308 g/mol. The van der Waals surface area contributed by atoms with Crippen LogP contribution >= 0.6 is 0 Å². The first-order chi connectivity index (χ1) is 11.8. The third kappa shape index (κ3) is 1.30. The lowest BCUT2D eigenvalue weighted by Crippen LogP contribution is -2.27. The van der Waals surface area contributed by atoms with Crippen LogP contribution in [0.4, 0.5) is 0 Å². The highest BCUT2D eigenvalue weighted by atomic mass is 15.3. The highest BCUT2D eigenvalue weighted by Crippen LogP contribution is 2.37. The van der Waals surface area contributed by atoms with Crippen LogP contribution in [0.3, 0.4) is 0 Å². The normalized spacial score (nSPS) is 12.4. The van der Waals surface area contributed by atoms with E-state index < -0.39 is 0 Å². The molecule has 0 N–H and O–H groups in total. The van der Waals surface area contributed by atoms with Gasteiger partial charge in [0.25, 0.3) is 0 Å². The van der Waals surface area contributed by atoms with E-state index in [1.54, 1.807) is 0 Å². The summed E-state index contributed by atoms with van der Waals surface area (Å²) in [7, 11) is 2.11. The second-order valence-electron chi connectivity index (χ2n) is 6.43. The molecule has 0 amide bonds. The van der Waals surface area contributed by atoms with Gasteiger partial charge in [-0.3, -0.25) is 0 Å². The Kier molecular flexibility index (Phi) is 2.04. The molecule has 3 nitrogen and oxygen atoms in total. The van der Waals surface area contributed by atoms with Crippen LogP contribution in [-0.4, -0.2) is 9.61 Å². The quantitative estimate of drug-likeness (QED) is 0.385. The number of nitrogens with zero attached hydrogens (tertiary/aromatic N) is 3. The summed E-state index contributed by atoms with van der Waals surface area (Å²) < 4.78 is 4.28. The fourth-order valence-electron chi connectivity index (χ4n) is 4.10. The van der Waals surface area contributed by atoms with E-state index in [0.29, 0.717) is 0 Å². The van der Waals surface area contributed by atoms with Crippen LogP contribution in [0.2, 0.25) is 0 Å². The maximum absolute atomic E-state index is 5.04. The second-order valence-corrected chi connectivity index (χ2v) is 6.43. The Morgan fingerprint density at radius 3 is 2.50 bits per heavy atom. The van der Waals surface area contributed by atoms with Crippen molar-refractivity contribution in [2.45, 2.75) is 0 Å². The highest BCUT2D eigenvalue weighted by molar-refractivity contribution is 6.29. The number of hydrogen-bond acceptors (Lipinski definition) is 1. The van der Waals surface area contributed by atoms with Gasteiger partial charge in [-0.15, -0.1) is 0 Å². The van der Waals surface area contributed by atoms with Crippen LogP contribution < -0.4 is 4.57 Å². The van der Waals surface area contributed by atoms with Crippen LogP contribution in [0.1, 0.15) is 0 Å². The molecular weight excluding hydrogens is 294 g/mol. The molecule has 6 rings (SSSR count). The van der Waals surface area contributed by atoms with Crippen molar-refractivity contribution < 1.29 is 4.57 Å². The summed E-state index contributed by atoms with van der Waals surface area (Å²) in [6.07, 6.45) is 0. The van der Waals surface area contributed by atoms with Gasteiger partial charge in [0.15, 0.2) is 5.52 Å². The number of rotatable bonds is 0. The van der Waals surface area contributed by atoms with Gasteiger partial charge in [-0.05, 0) is 28.3 Å². The van der Waals surface area contributed by atoms with E-state index in [0.717, 1.165) is 16.7 Å². The number of imidazole rings is 1. The molecule has 0 radical (unpaired) electrons. The summed E-state index contributed by atoms with van der Waals surface area (Å²) in [5.41, 5.74) is 4.52. The molecule has 0 spiro atoms. The second kappa shape index (κ2) is 4.01. The molecule has 0 fully saturated rings. The largest absolute Gasteiger partial charge is 0.308 e. The number of aromatic nitrogens is 3. The number of fused-ring (bicyclic) bond motifs is 6. The Bertz CT molecular complexity index is 1400. The van der Waals surface area contributed by atoms with Crippen molar-refractivity contribution in [3.63, 3.8) is 0 Å². The van der Waals surface area contributed by atoms with E-state index in [1.807, 2.05) is 0 Å². The van der Waals surface area contributed by atoms with Gasteiger partial charge in [0.05, 0.1) is 7.05 Å². The maximum atomic E-state index is 5.04. The summed E-state index contributed by atoms with van der Waals surface area (Å²) in [4.78, 5) is 0. The van der Waals surface area contributed by atoms with Gasteiger partial charge in [-0.2, -0.15) is 0 Å². The zero-order valence-electron chi connectivity index (χ0n) is 13.2. The predicted octanol–water partition coefficient (Wildman–Crippen LogP) is 4.21. The molecule has 0 unspecified atom stereocenters. The number of hydrogen-bond donors (Lipinski definition) is 0. The van der Waals surface area contributed by atoms with Crippen molar-refractivity contribution >= 4 is 49.1 Å². The van der Waals surface area contributed by atoms with Crippen LogP contribution in [0.25, 0.3) is 49.1 Å². The Labute approximate surface area is 137 Å². The molecule has 0 atom stereocenters. The molecule has 4 aromatic carbocycles. The third-order valence-electron chi connectivity index (χ3n) is 5.21. The summed E-state index contributed by atoms with van der Waals surface area (Å²) >= 11 is 0. The molecular formula is C21H14N3+. The van der Waals surface area contributed by atoms with Crippen molar-refractivity contribution in [2.24, 2.45) is 7.05 Å². The van der Waals surface area contributed by atoms with E-state index in [-0.39, 0.29) is 0 Å². The Morgan fingerprint density at radius 1 is 0.833 bits per heavy atom. The zero-order chi connectivity index (χ0) is 15.8. The maximum Gasteiger partial charge on any atom is 0.308 e. The first-order valence-electron chi connectivity index (χ1n) is 8.16. The van der Waals surface area contributed by atoms with Crippen molar-refractivity contribution in [3.8, 4) is 0 Å². The lowest BCUT2D eigenvalue weighted by molar-refractivity contribution is -0.618. The first-order valence-corrected chi connectivity index (χ1v) is 8.16. The molecule has 2 aromatic heterocycles. The van der Waals surface area contributed by atoms with Crippen molar-refractivity contribution in [1.82, 2.24) is 9.61 Å². The molecule has 3 heteroatoms. The van der Waals surface area contributed by atoms with Gasteiger partial charge in [0.2, 0.25) is 5.52 Å². The van der Waals surface area contributed by atoms with Crippen LogP contribution in [0, 0.1) is 0 Å². The molecule has 24 heavy (non-hydrogen) atoms. The summed E-state index contributed by atoms with van der Waals surface area (Å²) in [6, 6.07) is 23.7. The van der Waals surface area contributed by atoms with Gasteiger partial charge in [0, 0.05) is 16.8 Å². The third-order valence-corrected chi connectivity index (χ3v) is 5.21. The van der Waals surface area contributed by atoms with Crippen molar-refractivity contribution in [2.75, 3.05) is 0 Å². The predicted molar refractivity (Wildman–Crippen MR) is 97.6 cm³/mol. The van der Waals surface area contributed by atoms with Gasteiger partial charge in [-0.25, -0.2) is 4.57 Å². The smallest absolute Gasteiger partial charge is 0.224 e. The minimum atomic E-state index is 1.08. The molecule has 0 aliphatic carbocycles. The highest BCUT2D eigenvalue weighted by Gasteiger charge is 2.21. The molecule has 0 aliphatic heterocycles. The van der Waals surface area contributed by atoms with Gasteiger partial charge in [-0.1, -0.05) is 58.1 Å². The lowest BCUT2D eigenvalue weighted by Gasteiger charge is -1.96. The van der Waals surface area contributed by atoms with Crippen molar-refractivity contribution in [1.29, 1.82) is 0 Å². The average molecular weight is 308 g/mol. The summed E-state index contributed by atoms with van der Waals surface area (Å²) in [5, 5.41) is 11.4. The molecule has 2 heterocycles. The van der Waals surface area contributed by atoms with Crippen LogP contribution in [0.5, 0.6) is 0 Å². The minimum absolute atomic E-state index is 1.08. The minimum Gasteiger partial charge on any atom is -0.224 e. The van der Waals surface area contributed by atoms with E-state index in [4.69, 9.17) is 5.10 Å². The zero-order valence-corrected chi connectivity index (χ0v) is 13.2. The Hall–Kier alpha value is -3.20. The fraction of sp³-hybridized carbons (Fsp3) is 0.0476. The molecule has 0 saturated carbocycles. The number of benzene rings is 3. The Morgan fingerprint density at radius 2 is 1.62 bits per heavy atom. The molecule has 112 valence electrons. The lowest BCUT2D eigenvalue weighted by atomic mass is 10.1. The van der Waals surface area contributed by atoms with E-state index in [2.05, 4.69) is 82.9 Å². The van der Waals surface area contributed by atoms with Crippen molar-refractivity contribution in [3.05, 3.63) is 66.7 Å². The molecule has 0 saturated heterocycles. The Balaban J connectivity index is 1.97. The van der Waals surface area contributed by atoms with E-state index in [1.165, 1.54) is 32.4 Å². The van der Waals surface area contributed by atoms with Crippen LogP contribution in [0.15, 0.2) is 66.7 Å². The number of para-hydroxylation sites is 2. The van der Waals surface area contributed by atoms with E-state index in [9.17, 15) is 0 Å². The molecule has 0 bridgehead atoms. The topological polar surface area (TPSA) is 21.2 Å². The SMILES string of the molecule is C[n+]1c2ccccc2n2nc3c(cc21)c1cccc2cccc3c21. The van der Waals surface area contributed by atoms with Gasteiger partial charge < -0.3 is 0 Å². The average Bonchev–Trinajstić information content (AvgIpc) is 3.10. The fourth-order valence-corrected chi connectivity index (χ4v) is 4.10. The molecule has 0 aliphatic rings.